The number of fused-ring (bicyclic) bond motifs is 5. The molecule has 11 rings (SSSR count). The fraction of sp³-hybridized carbons (Fsp3) is 0.203. The summed E-state index contributed by atoms with van der Waals surface area (Å²) in [5, 5.41) is 2.30. The number of ether oxygens (including phenoxy) is 1. The first kappa shape index (κ1) is 43.3. The minimum Gasteiger partial charge on any atom is -0.512 e. The van der Waals surface area contributed by atoms with Gasteiger partial charge in [-0.2, -0.15) is 6.07 Å². The summed E-state index contributed by atoms with van der Waals surface area (Å²) >= 11 is 0. The molecule has 2 aliphatic heterocycles. The van der Waals surface area contributed by atoms with Gasteiger partial charge >= 0.3 is 21.1 Å². The molecular formula is C59H51N5OPt. The molecule has 0 saturated carbocycles. The number of anilines is 3. The second kappa shape index (κ2) is 16.4. The van der Waals surface area contributed by atoms with Crippen LogP contribution in [0.25, 0.3) is 38.9 Å². The molecule has 0 N–H and O–H groups in total. The van der Waals surface area contributed by atoms with E-state index in [1.54, 1.807) is 0 Å². The number of para-hydroxylation sites is 2. The van der Waals surface area contributed by atoms with Gasteiger partial charge in [0, 0.05) is 29.5 Å². The average Bonchev–Trinajstić information content (AvgIpc) is 3.82. The van der Waals surface area contributed by atoms with Crippen LogP contribution in [0.3, 0.4) is 0 Å². The summed E-state index contributed by atoms with van der Waals surface area (Å²) in [6, 6.07) is 63.6. The first-order valence-corrected chi connectivity index (χ1v) is 22.6. The Bertz CT molecular complexity index is 3260. The molecule has 0 fully saturated rings. The van der Waals surface area contributed by atoms with Gasteiger partial charge in [0.15, 0.2) is 0 Å². The Morgan fingerprint density at radius 3 is 2.05 bits per heavy atom. The Labute approximate surface area is 402 Å². The van der Waals surface area contributed by atoms with Crippen LogP contribution < -0.4 is 4.90 Å². The fourth-order valence-electron chi connectivity index (χ4n) is 10.1. The number of hydrogen-bond donors (Lipinski definition) is 0. The van der Waals surface area contributed by atoms with Crippen LogP contribution in [0.15, 0.2) is 175 Å². The van der Waals surface area contributed by atoms with Gasteiger partial charge in [-0.25, -0.2) is 4.98 Å². The summed E-state index contributed by atoms with van der Waals surface area (Å²) in [6.07, 6.45) is 3.78. The van der Waals surface area contributed by atoms with Crippen LogP contribution in [0, 0.1) is 12.1 Å². The molecule has 5 heterocycles. The number of pyridine rings is 2. The van der Waals surface area contributed by atoms with Crippen molar-refractivity contribution in [1.82, 2.24) is 14.5 Å². The zero-order valence-electron chi connectivity index (χ0n) is 38.3. The smallest absolute Gasteiger partial charge is 0.512 e. The van der Waals surface area contributed by atoms with Crippen molar-refractivity contribution in [2.45, 2.75) is 76.9 Å². The Hall–Kier alpha value is -6.62. The van der Waals surface area contributed by atoms with E-state index in [0.717, 1.165) is 61.5 Å². The fourth-order valence-corrected chi connectivity index (χ4v) is 10.1. The summed E-state index contributed by atoms with van der Waals surface area (Å²) in [4.78, 5) is 17.7. The van der Waals surface area contributed by atoms with Crippen molar-refractivity contribution >= 4 is 44.8 Å². The van der Waals surface area contributed by atoms with Crippen molar-refractivity contribution in [3.05, 3.63) is 216 Å². The molecule has 66 heavy (non-hydrogen) atoms. The van der Waals surface area contributed by atoms with Gasteiger partial charge in [0.1, 0.15) is 17.3 Å². The van der Waals surface area contributed by atoms with Gasteiger partial charge in [0.2, 0.25) is 0 Å². The summed E-state index contributed by atoms with van der Waals surface area (Å²) in [7, 11) is 0. The number of nitrogens with zero attached hydrogens (tertiary/aromatic N) is 5. The van der Waals surface area contributed by atoms with E-state index in [0.29, 0.717) is 5.90 Å². The van der Waals surface area contributed by atoms with Gasteiger partial charge in [0.25, 0.3) is 0 Å². The largest absolute Gasteiger partial charge is 2.00 e. The molecule has 1 atom stereocenters. The molecule has 0 spiro atoms. The predicted octanol–water partition coefficient (Wildman–Crippen LogP) is 14.0. The van der Waals surface area contributed by atoms with Crippen molar-refractivity contribution in [2.75, 3.05) is 4.90 Å². The number of aromatic nitrogens is 3. The second-order valence-corrected chi connectivity index (χ2v) is 19.5. The van der Waals surface area contributed by atoms with Crippen LogP contribution in [-0.4, -0.2) is 32.1 Å². The van der Waals surface area contributed by atoms with E-state index in [4.69, 9.17) is 19.7 Å². The maximum absolute atomic E-state index is 7.03. The van der Waals surface area contributed by atoms with E-state index in [1.165, 1.54) is 27.8 Å². The molecule has 0 radical (unpaired) electrons. The molecule has 7 heteroatoms. The van der Waals surface area contributed by atoms with Crippen molar-refractivity contribution in [2.24, 2.45) is 4.99 Å². The van der Waals surface area contributed by atoms with Crippen molar-refractivity contribution < 1.29 is 25.8 Å². The van der Waals surface area contributed by atoms with Crippen LogP contribution in [0.2, 0.25) is 0 Å². The van der Waals surface area contributed by atoms with Crippen LogP contribution in [0.4, 0.5) is 17.1 Å². The number of aliphatic imine (C=N–C) groups is 1. The third-order valence-corrected chi connectivity index (χ3v) is 13.5. The van der Waals surface area contributed by atoms with Crippen molar-refractivity contribution in [1.29, 1.82) is 0 Å². The molecule has 0 bridgehead atoms. The minimum atomic E-state index is -0.639. The topological polar surface area (TPSA) is 55.5 Å². The summed E-state index contributed by atoms with van der Waals surface area (Å²) in [5.41, 5.74) is 12.4. The number of rotatable bonds is 7. The number of benzene rings is 6. The van der Waals surface area contributed by atoms with Gasteiger partial charge < -0.3 is 14.2 Å². The zero-order chi connectivity index (χ0) is 44.7. The first-order valence-electron chi connectivity index (χ1n) is 22.6. The van der Waals surface area contributed by atoms with Crippen LogP contribution in [0.1, 0.15) is 87.8 Å². The molecule has 0 unspecified atom stereocenters. The van der Waals surface area contributed by atoms with Gasteiger partial charge in [-0.05, 0) is 94.4 Å². The van der Waals surface area contributed by atoms with E-state index in [-0.39, 0.29) is 43.9 Å². The average molecular weight is 1040 g/mol. The van der Waals surface area contributed by atoms with Crippen molar-refractivity contribution in [3.63, 3.8) is 0 Å². The Balaban J connectivity index is 0.00000511. The van der Waals surface area contributed by atoms with Gasteiger partial charge in [0.05, 0.1) is 11.7 Å². The summed E-state index contributed by atoms with van der Waals surface area (Å²) < 4.78 is 9.31. The van der Waals surface area contributed by atoms with Crippen molar-refractivity contribution in [3.8, 4) is 17.1 Å². The van der Waals surface area contributed by atoms with E-state index in [1.807, 2.05) is 24.5 Å². The van der Waals surface area contributed by atoms with Crippen LogP contribution in [-0.2, 0) is 36.6 Å². The summed E-state index contributed by atoms with van der Waals surface area (Å²) in [5.74, 6) is 1.39. The van der Waals surface area contributed by atoms with Crippen LogP contribution >= 0.6 is 0 Å². The summed E-state index contributed by atoms with van der Waals surface area (Å²) in [6.45, 7) is 15.7. The third kappa shape index (κ3) is 7.27. The quantitative estimate of drug-likeness (QED) is 0.149. The molecule has 0 amide bonds. The van der Waals surface area contributed by atoms with E-state index in [2.05, 4.69) is 216 Å². The van der Waals surface area contributed by atoms with Gasteiger partial charge in [-0.1, -0.05) is 160 Å². The molecule has 6 nitrogen and oxygen atoms in total. The first-order chi connectivity index (χ1) is 31.4. The van der Waals surface area contributed by atoms with E-state index < -0.39 is 5.60 Å². The Morgan fingerprint density at radius 2 is 1.33 bits per heavy atom. The standard InChI is InChI=1S/C59H51N5O.Pt/c1-57(2,3)42-29-31-61-53(35-42)64-49-27-16-14-24-44(49)45-36-47-52(37-51(45)64)63(50-28-17-15-25-46(50)58(47,4)5)43-33-40(48-26-18-19-30-60-48)32-41(34-43)56-62-55(59(6,7)65-56)54(38-20-10-8-11-21-38)39-22-12-9-13-23-39;/h8-33,35-36,54-55H,1-7H3;/q-2;+2/t55-;/m1./s1. The number of hydrogen-bond acceptors (Lipinski definition) is 5. The molecule has 6 aromatic carbocycles. The van der Waals surface area contributed by atoms with Gasteiger partial charge in [-0.15, -0.1) is 35.2 Å². The molecule has 2 aliphatic rings. The second-order valence-electron chi connectivity index (χ2n) is 19.5. The van der Waals surface area contributed by atoms with Gasteiger partial charge in [-0.3, -0.25) is 9.98 Å². The van der Waals surface area contributed by atoms with E-state index in [9.17, 15) is 0 Å². The molecule has 3 aromatic heterocycles. The predicted molar refractivity (Wildman–Crippen MR) is 265 cm³/mol. The maximum Gasteiger partial charge on any atom is 2.00 e. The molecule has 9 aromatic rings. The Morgan fingerprint density at radius 1 is 0.652 bits per heavy atom. The maximum atomic E-state index is 7.03. The monoisotopic (exact) mass is 1040 g/mol. The molecule has 328 valence electrons. The SMILES string of the molecule is CC(C)(C)c1ccnc(-n2c3[c-]c4c(cc3c3ccccc32)C(C)(C)c2ccccc2N4c2[c-]c(C3=N[C@H](C(c4ccccc4)c4ccccc4)C(C)(C)O3)cc(-c3ccccn3)c2)c1.[Pt+2]. The normalized spacial score (nSPS) is 16.1. The molecular weight excluding hydrogens is 990 g/mol. The molecule has 0 aliphatic carbocycles. The van der Waals surface area contributed by atoms with E-state index >= 15 is 0 Å². The minimum absolute atomic E-state index is 0. The third-order valence-electron chi connectivity index (χ3n) is 13.5. The van der Waals surface area contributed by atoms with Crippen LogP contribution in [0.5, 0.6) is 0 Å². The molecule has 0 saturated heterocycles. The zero-order valence-corrected chi connectivity index (χ0v) is 40.6. The Kier molecular flexibility index (Phi) is 10.7.